The van der Waals surface area contributed by atoms with Crippen LogP contribution < -0.4 is 10.2 Å². The van der Waals surface area contributed by atoms with Crippen molar-refractivity contribution < 1.29 is 0 Å². The van der Waals surface area contributed by atoms with Crippen LogP contribution in [0.1, 0.15) is 37.3 Å². The molecule has 9 heteroatoms. The van der Waals surface area contributed by atoms with Gasteiger partial charge in [0.2, 0.25) is 5.13 Å². The van der Waals surface area contributed by atoms with Gasteiger partial charge in [-0.1, -0.05) is 13.8 Å². The van der Waals surface area contributed by atoms with Crippen molar-refractivity contribution in [2.24, 2.45) is 4.99 Å². The number of rotatable bonds is 6. The first kappa shape index (κ1) is 19.0. The molecule has 0 atom stereocenters. The number of piperazine rings is 1. The molecule has 0 radical (unpaired) electrons. The summed E-state index contributed by atoms with van der Waals surface area (Å²) in [5, 5.41) is 7.75. The van der Waals surface area contributed by atoms with E-state index in [1.165, 1.54) is 16.5 Å². The van der Waals surface area contributed by atoms with Gasteiger partial charge < -0.3 is 15.1 Å². The minimum Gasteiger partial charge on any atom is -0.357 e. The summed E-state index contributed by atoms with van der Waals surface area (Å²) in [4.78, 5) is 18.7. The Balaban J connectivity index is 1.59. The lowest BCUT2D eigenvalue weighted by Gasteiger charge is -2.36. The quantitative estimate of drug-likeness (QED) is 0.600. The molecule has 1 saturated heterocycles. The highest BCUT2D eigenvalue weighted by Crippen LogP contribution is 2.19. The lowest BCUT2D eigenvalue weighted by atomic mass is 10.3. The van der Waals surface area contributed by atoms with Gasteiger partial charge in [-0.25, -0.2) is 15.0 Å². The maximum absolute atomic E-state index is 4.80. The number of thiazole rings is 1. The standard InChI is InChI=1S/C17H27N7S2/c1-4-14-21-17(26-22-14)24-9-7-23(8-10-24)16(18-6-3)19-11-13-12-25-15(5-2)20-13/h12H,4-11H2,1-3H3,(H,18,19). The second-order valence-electron chi connectivity index (χ2n) is 6.08. The Hall–Kier alpha value is -1.74. The van der Waals surface area contributed by atoms with Crippen LogP contribution in [-0.2, 0) is 19.4 Å². The molecule has 7 nitrogen and oxygen atoms in total. The van der Waals surface area contributed by atoms with Crippen molar-refractivity contribution in [3.05, 3.63) is 21.9 Å². The molecule has 3 rings (SSSR count). The Bertz CT molecular complexity index is 716. The number of nitrogens with one attached hydrogen (secondary N) is 1. The van der Waals surface area contributed by atoms with Gasteiger partial charge in [-0.3, -0.25) is 0 Å². The second kappa shape index (κ2) is 9.27. The first-order valence-electron chi connectivity index (χ1n) is 9.27. The molecular formula is C17H27N7S2. The van der Waals surface area contributed by atoms with Gasteiger partial charge in [0.1, 0.15) is 5.82 Å². The molecule has 3 heterocycles. The average molecular weight is 394 g/mol. The molecule has 0 amide bonds. The highest BCUT2D eigenvalue weighted by molar-refractivity contribution is 7.09. The number of nitrogens with zero attached hydrogens (tertiary/aromatic N) is 6. The summed E-state index contributed by atoms with van der Waals surface area (Å²) >= 11 is 3.22. The van der Waals surface area contributed by atoms with E-state index < -0.39 is 0 Å². The molecule has 1 aliphatic heterocycles. The Kier molecular flexibility index (Phi) is 6.79. The summed E-state index contributed by atoms with van der Waals surface area (Å²) in [5.41, 5.74) is 1.06. The van der Waals surface area contributed by atoms with Gasteiger partial charge >= 0.3 is 0 Å². The van der Waals surface area contributed by atoms with Crippen LogP contribution in [0.3, 0.4) is 0 Å². The lowest BCUT2D eigenvalue weighted by Crippen LogP contribution is -2.52. The SMILES string of the molecule is CCNC(=NCc1csc(CC)n1)N1CCN(c2nc(CC)ns2)CC1. The maximum atomic E-state index is 4.80. The summed E-state index contributed by atoms with van der Waals surface area (Å²) in [5.74, 6) is 1.92. The first-order valence-corrected chi connectivity index (χ1v) is 10.9. The van der Waals surface area contributed by atoms with Crippen LogP contribution in [0, 0.1) is 0 Å². The van der Waals surface area contributed by atoms with E-state index in [4.69, 9.17) is 4.99 Å². The third-order valence-electron chi connectivity index (χ3n) is 4.25. The first-order chi connectivity index (χ1) is 12.7. The van der Waals surface area contributed by atoms with Crippen molar-refractivity contribution in [3.63, 3.8) is 0 Å². The number of hydrogen-bond acceptors (Lipinski definition) is 7. The topological polar surface area (TPSA) is 69.5 Å². The molecule has 2 aromatic rings. The zero-order chi connectivity index (χ0) is 18.4. The monoisotopic (exact) mass is 393 g/mol. The molecule has 142 valence electrons. The second-order valence-corrected chi connectivity index (χ2v) is 7.75. The van der Waals surface area contributed by atoms with E-state index >= 15 is 0 Å². The van der Waals surface area contributed by atoms with Gasteiger partial charge in [0, 0.05) is 56.1 Å². The van der Waals surface area contributed by atoms with Gasteiger partial charge in [-0.05, 0) is 13.3 Å². The number of guanidine groups is 1. The van der Waals surface area contributed by atoms with Crippen LogP contribution in [-0.4, -0.2) is 57.9 Å². The number of anilines is 1. The van der Waals surface area contributed by atoms with Crippen LogP contribution in [0.25, 0.3) is 0 Å². The fourth-order valence-corrected chi connectivity index (χ4v) is 4.33. The normalized spacial score (nSPS) is 15.6. The Morgan fingerprint density at radius 2 is 1.96 bits per heavy atom. The molecule has 1 aliphatic rings. The highest BCUT2D eigenvalue weighted by Gasteiger charge is 2.22. The zero-order valence-electron chi connectivity index (χ0n) is 15.7. The number of aromatic nitrogens is 3. The van der Waals surface area contributed by atoms with Crippen molar-refractivity contribution in [3.8, 4) is 0 Å². The van der Waals surface area contributed by atoms with Crippen LogP contribution in [0.2, 0.25) is 0 Å². The van der Waals surface area contributed by atoms with Crippen molar-refractivity contribution in [2.75, 3.05) is 37.6 Å². The summed E-state index contributed by atoms with van der Waals surface area (Å²) in [6, 6.07) is 0. The van der Waals surface area contributed by atoms with Crippen molar-refractivity contribution >= 4 is 34.0 Å². The Morgan fingerprint density at radius 1 is 1.15 bits per heavy atom. The summed E-state index contributed by atoms with van der Waals surface area (Å²) in [7, 11) is 0. The van der Waals surface area contributed by atoms with Gasteiger partial charge in [0.15, 0.2) is 5.96 Å². The molecule has 0 saturated carbocycles. The van der Waals surface area contributed by atoms with Gasteiger partial charge in [-0.2, -0.15) is 4.37 Å². The number of hydrogen-bond donors (Lipinski definition) is 1. The van der Waals surface area contributed by atoms with Gasteiger partial charge in [0.25, 0.3) is 0 Å². The average Bonchev–Trinajstić information content (AvgIpc) is 3.34. The van der Waals surface area contributed by atoms with Gasteiger partial charge in [0.05, 0.1) is 17.2 Å². The molecule has 2 aromatic heterocycles. The molecule has 0 aliphatic carbocycles. The van der Waals surface area contributed by atoms with E-state index in [-0.39, 0.29) is 0 Å². The molecule has 26 heavy (non-hydrogen) atoms. The molecule has 0 unspecified atom stereocenters. The predicted octanol–water partition coefficient (Wildman–Crippen LogP) is 2.41. The van der Waals surface area contributed by atoms with Crippen LogP contribution in [0.5, 0.6) is 0 Å². The maximum Gasteiger partial charge on any atom is 0.205 e. The van der Waals surface area contributed by atoms with Crippen LogP contribution >= 0.6 is 22.9 Å². The molecule has 1 N–H and O–H groups in total. The van der Waals surface area contributed by atoms with Crippen molar-refractivity contribution in [1.82, 2.24) is 24.6 Å². The van der Waals surface area contributed by atoms with Crippen LogP contribution in [0.15, 0.2) is 10.4 Å². The smallest absolute Gasteiger partial charge is 0.205 e. The summed E-state index contributed by atoms with van der Waals surface area (Å²) in [6.07, 6.45) is 1.88. The van der Waals surface area contributed by atoms with Gasteiger partial charge in [-0.15, -0.1) is 11.3 Å². The largest absolute Gasteiger partial charge is 0.357 e. The van der Waals surface area contributed by atoms with E-state index in [9.17, 15) is 0 Å². The molecule has 1 fully saturated rings. The van der Waals surface area contributed by atoms with Crippen LogP contribution in [0.4, 0.5) is 5.13 Å². The predicted molar refractivity (Wildman–Crippen MR) is 109 cm³/mol. The lowest BCUT2D eigenvalue weighted by molar-refractivity contribution is 0.372. The molecule has 0 aromatic carbocycles. The fourth-order valence-electron chi connectivity index (χ4n) is 2.79. The van der Waals surface area contributed by atoms with Crippen molar-refractivity contribution in [2.45, 2.75) is 40.2 Å². The fraction of sp³-hybridized carbons (Fsp3) is 0.647. The number of aryl methyl sites for hydroxylation is 2. The van der Waals surface area contributed by atoms with E-state index in [0.717, 1.165) is 68.2 Å². The number of aliphatic imine (C=N–C) groups is 1. The zero-order valence-corrected chi connectivity index (χ0v) is 17.4. The Labute approximate surface area is 163 Å². The van der Waals surface area contributed by atoms with E-state index in [2.05, 4.69) is 55.6 Å². The minimum absolute atomic E-state index is 0.634. The summed E-state index contributed by atoms with van der Waals surface area (Å²) in [6.45, 7) is 11.6. The minimum atomic E-state index is 0.634. The van der Waals surface area contributed by atoms with E-state index in [1.807, 2.05) is 0 Å². The highest BCUT2D eigenvalue weighted by atomic mass is 32.1. The Morgan fingerprint density at radius 3 is 2.58 bits per heavy atom. The van der Waals surface area contributed by atoms with E-state index in [0.29, 0.717) is 6.54 Å². The molecule has 0 bridgehead atoms. The summed E-state index contributed by atoms with van der Waals surface area (Å²) < 4.78 is 4.40. The third kappa shape index (κ3) is 4.70. The third-order valence-corrected chi connectivity index (χ3v) is 6.11. The molecule has 0 spiro atoms. The van der Waals surface area contributed by atoms with Crippen molar-refractivity contribution in [1.29, 1.82) is 0 Å². The van der Waals surface area contributed by atoms with E-state index in [1.54, 1.807) is 11.3 Å². The molecular weight excluding hydrogens is 366 g/mol.